The second kappa shape index (κ2) is 4.29. The predicted octanol–water partition coefficient (Wildman–Crippen LogP) is 2.15. The number of esters is 1. The number of carbonyl (C=O) groups is 1. The molecule has 0 saturated heterocycles. The van der Waals surface area contributed by atoms with E-state index in [-0.39, 0.29) is 11.9 Å². The zero-order valence-electron chi connectivity index (χ0n) is 7.75. The molecule has 0 aromatic rings. The average molecular weight is 168 g/mol. The lowest BCUT2D eigenvalue weighted by Crippen LogP contribution is -2.06. The Morgan fingerprint density at radius 1 is 1.58 bits per heavy atom. The minimum atomic E-state index is -0.0248. The highest BCUT2D eigenvalue weighted by Gasteiger charge is 2.42. The van der Waals surface area contributed by atoms with Crippen molar-refractivity contribution in [1.29, 1.82) is 0 Å². The van der Waals surface area contributed by atoms with E-state index >= 15 is 0 Å². The molecule has 1 aliphatic carbocycles. The Kier molecular flexibility index (Phi) is 3.32. The standard InChI is InChI=1S/C10H16O2/c1-3-5-6-8-7-9(8)10(11)12-4-2/h5-6,8-9H,3-4,7H2,1-2H3/b6-5-/t8?,9-/m0/s1. The summed E-state index contributed by atoms with van der Waals surface area (Å²) in [5, 5.41) is 0. The fourth-order valence-corrected chi connectivity index (χ4v) is 1.26. The lowest BCUT2D eigenvalue weighted by molar-refractivity contribution is -0.144. The molecule has 0 bridgehead atoms. The average Bonchev–Trinajstić information content (AvgIpc) is 2.80. The molecular formula is C10H16O2. The molecule has 2 heteroatoms. The van der Waals surface area contributed by atoms with Gasteiger partial charge in [0.2, 0.25) is 0 Å². The highest BCUT2D eigenvalue weighted by atomic mass is 16.5. The van der Waals surface area contributed by atoms with Gasteiger partial charge >= 0.3 is 5.97 Å². The van der Waals surface area contributed by atoms with Crippen molar-refractivity contribution >= 4 is 5.97 Å². The number of ether oxygens (including phenoxy) is 1. The van der Waals surface area contributed by atoms with Crippen LogP contribution < -0.4 is 0 Å². The summed E-state index contributed by atoms with van der Waals surface area (Å²) >= 11 is 0. The van der Waals surface area contributed by atoms with Crippen molar-refractivity contribution < 1.29 is 9.53 Å². The summed E-state index contributed by atoms with van der Waals surface area (Å²) in [6.07, 6.45) is 6.27. The quantitative estimate of drug-likeness (QED) is 0.475. The molecule has 2 atom stereocenters. The Hall–Kier alpha value is -0.790. The van der Waals surface area contributed by atoms with Crippen LogP contribution in [0.25, 0.3) is 0 Å². The maximum Gasteiger partial charge on any atom is 0.309 e. The van der Waals surface area contributed by atoms with Gasteiger partial charge in [0, 0.05) is 0 Å². The Labute approximate surface area is 73.6 Å². The third kappa shape index (κ3) is 2.36. The van der Waals surface area contributed by atoms with Gasteiger partial charge in [-0.1, -0.05) is 19.1 Å². The number of hydrogen-bond acceptors (Lipinski definition) is 2. The molecular weight excluding hydrogens is 152 g/mol. The minimum absolute atomic E-state index is 0.0248. The van der Waals surface area contributed by atoms with Crippen molar-refractivity contribution in [3.05, 3.63) is 12.2 Å². The van der Waals surface area contributed by atoms with Gasteiger partial charge in [0.25, 0.3) is 0 Å². The molecule has 0 aromatic heterocycles. The second-order valence-electron chi connectivity index (χ2n) is 3.09. The van der Waals surface area contributed by atoms with E-state index in [1.54, 1.807) is 0 Å². The normalized spacial score (nSPS) is 27.5. The first-order valence-corrected chi connectivity index (χ1v) is 4.62. The summed E-state index contributed by atoms with van der Waals surface area (Å²) in [6.45, 7) is 4.44. The smallest absolute Gasteiger partial charge is 0.309 e. The van der Waals surface area contributed by atoms with Crippen LogP contribution in [0.15, 0.2) is 12.2 Å². The van der Waals surface area contributed by atoms with Gasteiger partial charge in [-0.2, -0.15) is 0 Å². The molecule has 0 heterocycles. The molecule has 0 radical (unpaired) electrons. The summed E-state index contributed by atoms with van der Waals surface area (Å²) in [5.74, 6) is 0.597. The third-order valence-corrected chi connectivity index (χ3v) is 2.05. The van der Waals surface area contributed by atoms with Crippen molar-refractivity contribution in [2.75, 3.05) is 6.61 Å². The highest BCUT2D eigenvalue weighted by molar-refractivity contribution is 5.76. The molecule has 0 spiro atoms. The van der Waals surface area contributed by atoms with Crippen LogP contribution in [0, 0.1) is 11.8 Å². The van der Waals surface area contributed by atoms with Gasteiger partial charge in [-0.05, 0) is 25.7 Å². The molecule has 1 aliphatic rings. The van der Waals surface area contributed by atoms with E-state index in [0.29, 0.717) is 12.5 Å². The van der Waals surface area contributed by atoms with Crippen molar-refractivity contribution in [3.8, 4) is 0 Å². The first-order chi connectivity index (χ1) is 5.79. The molecule has 1 fully saturated rings. The predicted molar refractivity (Wildman–Crippen MR) is 47.7 cm³/mol. The van der Waals surface area contributed by atoms with Crippen LogP contribution in [0.2, 0.25) is 0 Å². The van der Waals surface area contributed by atoms with Crippen molar-refractivity contribution in [2.24, 2.45) is 11.8 Å². The van der Waals surface area contributed by atoms with Crippen LogP contribution in [-0.2, 0) is 9.53 Å². The van der Waals surface area contributed by atoms with Gasteiger partial charge in [0.1, 0.15) is 0 Å². The van der Waals surface area contributed by atoms with Gasteiger partial charge in [0.05, 0.1) is 12.5 Å². The Morgan fingerprint density at radius 2 is 2.33 bits per heavy atom. The first kappa shape index (κ1) is 9.30. The summed E-state index contributed by atoms with van der Waals surface area (Å²) in [4.78, 5) is 11.1. The van der Waals surface area contributed by atoms with E-state index in [9.17, 15) is 4.79 Å². The molecule has 1 saturated carbocycles. The van der Waals surface area contributed by atoms with E-state index in [4.69, 9.17) is 4.74 Å². The fraction of sp³-hybridized carbons (Fsp3) is 0.700. The molecule has 0 amide bonds. The zero-order chi connectivity index (χ0) is 8.97. The molecule has 0 aromatic carbocycles. The van der Waals surface area contributed by atoms with Crippen molar-refractivity contribution in [3.63, 3.8) is 0 Å². The maximum absolute atomic E-state index is 11.1. The zero-order valence-corrected chi connectivity index (χ0v) is 7.75. The Balaban J connectivity index is 2.23. The SMILES string of the molecule is CC/C=C\C1C[C@@H]1C(=O)OCC. The molecule has 68 valence electrons. The summed E-state index contributed by atoms with van der Waals surface area (Å²) in [5.41, 5.74) is 0. The maximum atomic E-state index is 11.1. The van der Waals surface area contributed by atoms with E-state index < -0.39 is 0 Å². The summed E-state index contributed by atoms with van der Waals surface area (Å²) < 4.78 is 4.90. The van der Waals surface area contributed by atoms with Crippen LogP contribution in [0.5, 0.6) is 0 Å². The highest BCUT2D eigenvalue weighted by Crippen LogP contribution is 2.40. The number of carbonyl (C=O) groups excluding carboxylic acids is 1. The van der Waals surface area contributed by atoms with Crippen molar-refractivity contribution in [2.45, 2.75) is 26.7 Å². The van der Waals surface area contributed by atoms with E-state index in [1.807, 2.05) is 6.92 Å². The van der Waals surface area contributed by atoms with Crippen LogP contribution in [-0.4, -0.2) is 12.6 Å². The van der Waals surface area contributed by atoms with Crippen molar-refractivity contribution in [1.82, 2.24) is 0 Å². The molecule has 1 unspecified atom stereocenters. The Bertz CT molecular complexity index is 184. The van der Waals surface area contributed by atoms with Gasteiger partial charge in [-0.15, -0.1) is 0 Å². The lowest BCUT2D eigenvalue weighted by Gasteiger charge is -1.97. The number of rotatable bonds is 4. The summed E-state index contributed by atoms with van der Waals surface area (Å²) in [6, 6.07) is 0. The third-order valence-electron chi connectivity index (χ3n) is 2.05. The second-order valence-corrected chi connectivity index (χ2v) is 3.09. The number of allylic oxidation sites excluding steroid dienone is 2. The molecule has 0 aliphatic heterocycles. The van der Waals surface area contributed by atoms with Crippen LogP contribution in [0.4, 0.5) is 0 Å². The van der Waals surface area contributed by atoms with Crippen LogP contribution in [0.3, 0.4) is 0 Å². The van der Waals surface area contributed by atoms with E-state index in [1.165, 1.54) is 0 Å². The molecule has 12 heavy (non-hydrogen) atoms. The topological polar surface area (TPSA) is 26.3 Å². The first-order valence-electron chi connectivity index (χ1n) is 4.62. The van der Waals surface area contributed by atoms with Gasteiger partial charge in [-0.25, -0.2) is 0 Å². The monoisotopic (exact) mass is 168 g/mol. The summed E-state index contributed by atoms with van der Waals surface area (Å²) in [7, 11) is 0. The molecule has 0 N–H and O–H groups in total. The van der Waals surface area contributed by atoms with Crippen LogP contribution in [0.1, 0.15) is 26.7 Å². The largest absolute Gasteiger partial charge is 0.466 e. The minimum Gasteiger partial charge on any atom is -0.466 e. The van der Waals surface area contributed by atoms with E-state index in [0.717, 1.165) is 12.8 Å². The Morgan fingerprint density at radius 3 is 2.92 bits per heavy atom. The lowest BCUT2D eigenvalue weighted by atomic mass is 10.3. The van der Waals surface area contributed by atoms with Gasteiger partial charge in [0.15, 0.2) is 0 Å². The fourth-order valence-electron chi connectivity index (χ4n) is 1.26. The van der Waals surface area contributed by atoms with Gasteiger partial charge < -0.3 is 4.74 Å². The van der Waals surface area contributed by atoms with E-state index in [2.05, 4.69) is 19.1 Å². The van der Waals surface area contributed by atoms with Gasteiger partial charge in [-0.3, -0.25) is 4.79 Å². The molecule has 2 nitrogen and oxygen atoms in total. The van der Waals surface area contributed by atoms with Crippen LogP contribution >= 0.6 is 0 Å². The number of hydrogen-bond donors (Lipinski definition) is 0. The molecule has 1 rings (SSSR count).